The Hall–Kier alpha value is -4.73. The van der Waals surface area contributed by atoms with E-state index in [1.807, 2.05) is 30.3 Å². The number of nitro groups is 1. The first-order chi connectivity index (χ1) is 17.9. The molecule has 3 aromatic carbocycles. The molecule has 0 aliphatic carbocycles. The van der Waals surface area contributed by atoms with Gasteiger partial charge in [0.15, 0.2) is 0 Å². The van der Waals surface area contributed by atoms with Crippen molar-refractivity contribution in [1.29, 1.82) is 0 Å². The van der Waals surface area contributed by atoms with Gasteiger partial charge in [-0.15, -0.1) is 0 Å². The molecule has 1 fully saturated rings. The maximum absolute atomic E-state index is 13.2. The minimum absolute atomic E-state index is 0.0369. The van der Waals surface area contributed by atoms with E-state index in [0.29, 0.717) is 49.1 Å². The number of rotatable bonds is 6. The highest BCUT2D eigenvalue weighted by Crippen LogP contribution is 2.21. The Labute approximate surface area is 211 Å². The van der Waals surface area contributed by atoms with Crippen LogP contribution in [0.2, 0.25) is 0 Å². The fourth-order valence-corrected chi connectivity index (χ4v) is 4.61. The van der Waals surface area contributed by atoms with Crippen LogP contribution in [0.15, 0.2) is 82.4 Å². The van der Waals surface area contributed by atoms with Gasteiger partial charge >= 0.3 is 5.69 Å². The summed E-state index contributed by atoms with van der Waals surface area (Å²) in [5, 5.41) is 11.2. The number of non-ortho nitro benzene ring substituents is 1. The number of anilines is 1. The lowest BCUT2D eigenvalue weighted by Crippen LogP contribution is -2.48. The van der Waals surface area contributed by atoms with Gasteiger partial charge in [-0.05, 0) is 42.3 Å². The van der Waals surface area contributed by atoms with Crippen LogP contribution < -0.4 is 16.1 Å². The quantitative estimate of drug-likeness (QED) is 0.322. The zero-order valence-corrected chi connectivity index (χ0v) is 20.0. The van der Waals surface area contributed by atoms with Crippen LogP contribution in [0.1, 0.15) is 15.9 Å². The molecule has 0 bridgehead atoms. The van der Waals surface area contributed by atoms with Crippen LogP contribution in [0.25, 0.3) is 10.9 Å². The van der Waals surface area contributed by atoms with Gasteiger partial charge in [0.1, 0.15) is 0 Å². The highest BCUT2D eigenvalue weighted by molar-refractivity contribution is 5.97. The van der Waals surface area contributed by atoms with Crippen molar-refractivity contribution in [3.8, 4) is 0 Å². The Morgan fingerprint density at radius 2 is 1.62 bits per heavy atom. The highest BCUT2D eigenvalue weighted by atomic mass is 16.6. The van der Waals surface area contributed by atoms with Gasteiger partial charge in [0.25, 0.3) is 17.2 Å². The molecule has 1 aromatic heterocycles. The molecule has 1 aliphatic rings. The Bertz CT molecular complexity index is 1570. The molecule has 5 rings (SSSR count). The fourth-order valence-electron chi connectivity index (χ4n) is 4.61. The molecule has 0 spiro atoms. The number of nitro benzene ring substituents is 1. The average molecular weight is 500 g/mol. The number of nitrogens with one attached hydrogen (secondary N) is 1. The molecule has 188 valence electrons. The molecule has 0 saturated carbocycles. The van der Waals surface area contributed by atoms with Gasteiger partial charge in [-0.25, -0.2) is 4.79 Å². The number of aromatic nitrogens is 2. The topological polar surface area (TPSA) is 122 Å². The molecular weight excluding hydrogens is 474 g/mol. The van der Waals surface area contributed by atoms with Crippen LogP contribution in [-0.2, 0) is 13.0 Å². The zero-order valence-electron chi connectivity index (χ0n) is 20.0. The number of aromatic amines is 1. The molecule has 1 saturated heterocycles. The van der Waals surface area contributed by atoms with Crippen LogP contribution in [0.4, 0.5) is 11.4 Å². The summed E-state index contributed by atoms with van der Waals surface area (Å²) < 4.78 is 1.19. The summed E-state index contributed by atoms with van der Waals surface area (Å²) in [6, 6.07) is 20.8. The third-order valence-corrected chi connectivity index (χ3v) is 6.69. The lowest BCUT2D eigenvalue weighted by atomic mass is 10.1. The molecule has 0 unspecified atom stereocenters. The molecule has 10 nitrogen and oxygen atoms in total. The summed E-state index contributed by atoms with van der Waals surface area (Å²) in [5.41, 5.74) is 1.78. The molecule has 1 aliphatic heterocycles. The number of piperazine rings is 1. The number of carbonyl (C=O) groups is 1. The summed E-state index contributed by atoms with van der Waals surface area (Å²) in [5.74, 6) is -0.181. The first kappa shape index (κ1) is 24.0. The maximum atomic E-state index is 13.2. The second-order valence-electron chi connectivity index (χ2n) is 8.94. The van der Waals surface area contributed by atoms with Gasteiger partial charge < -0.3 is 14.8 Å². The van der Waals surface area contributed by atoms with E-state index in [2.05, 4.69) is 9.88 Å². The summed E-state index contributed by atoms with van der Waals surface area (Å²) in [6.07, 6.45) is 0.553. The van der Waals surface area contributed by atoms with Crippen molar-refractivity contribution in [1.82, 2.24) is 14.5 Å². The number of H-pyrrole nitrogens is 1. The minimum atomic E-state index is -0.505. The van der Waals surface area contributed by atoms with Gasteiger partial charge in [-0.3, -0.25) is 24.3 Å². The SMILES string of the molecule is O=C(c1ccc2c(=O)n(CCc3ccccc3)c(=O)[nH]c2c1)N1CCN(c2ccc([N+](=O)[O-])cc2)CC1. The molecule has 1 N–H and O–H groups in total. The average Bonchev–Trinajstić information content (AvgIpc) is 2.93. The lowest BCUT2D eigenvalue weighted by Gasteiger charge is -2.36. The summed E-state index contributed by atoms with van der Waals surface area (Å²) in [4.78, 5) is 55.8. The number of hydrogen-bond acceptors (Lipinski definition) is 6. The zero-order chi connectivity index (χ0) is 25.9. The number of nitrogens with zero attached hydrogens (tertiary/aromatic N) is 4. The fraction of sp³-hybridized carbons (Fsp3) is 0.222. The second kappa shape index (κ2) is 10.1. The number of fused-ring (bicyclic) bond motifs is 1. The summed E-state index contributed by atoms with van der Waals surface area (Å²) in [6.45, 7) is 2.38. The van der Waals surface area contributed by atoms with Crippen molar-refractivity contribution in [3.63, 3.8) is 0 Å². The van der Waals surface area contributed by atoms with Crippen molar-refractivity contribution in [2.75, 3.05) is 31.1 Å². The first-order valence-electron chi connectivity index (χ1n) is 12.0. The van der Waals surface area contributed by atoms with E-state index in [9.17, 15) is 24.5 Å². The normalized spacial score (nSPS) is 13.6. The van der Waals surface area contributed by atoms with Crippen molar-refractivity contribution in [2.45, 2.75) is 13.0 Å². The van der Waals surface area contributed by atoms with Gasteiger partial charge in [0.05, 0.1) is 15.8 Å². The number of hydrogen-bond donors (Lipinski definition) is 1. The highest BCUT2D eigenvalue weighted by Gasteiger charge is 2.23. The lowest BCUT2D eigenvalue weighted by molar-refractivity contribution is -0.384. The smallest absolute Gasteiger partial charge is 0.328 e. The number of amides is 1. The predicted molar refractivity (Wildman–Crippen MR) is 140 cm³/mol. The van der Waals surface area contributed by atoms with E-state index >= 15 is 0 Å². The molecule has 10 heteroatoms. The Morgan fingerprint density at radius 3 is 2.30 bits per heavy atom. The van der Waals surface area contributed by atoms with Gasteiger partial charge in [-0.1, -0.05) is 30.3 Å². The molecular formula is C27H25N5O5. The molecule has 0 atom stereocenters. The second-order valence-corrected chi connectivity index (χ2v) is 8.94. The van der Waals surface area contributed by atoms with Gasteiger partial charge in [0, 0.05) is 56.1 Å². The standard InChI is InChI=1S/C27H25N5O5/c33-25(30-16-14-29(15-17-30)21-7-9-22(10-8-21)32(36)37)20-6-11-23-24(18-20)28-27(35)31(26(23)34)13-12-19-4-2-1-3-5-19/h1-11,18H,12-17H2,(H,28,35). The predicted octanol–water partition coefficient (Wildman–Crippen LogP) is 2.80. The van der Waals surface area contributed by atoms with Crippen LogP contribution in [0, 0.1) is 10.1 Å². The van der Waals surface area contributed by atoms with Crippen LogP contribution >= 0.6 is 0 Å². The molecule has 4 aromatic rings. The maximum Gasteiger partial charge on any atom is 0.328 e. The molecule has 2 heterocycles. The van der Waals surface area contributed by atoms with E-state index in [4.69, 9.17) is 0 Å². The van der Waals surface area contributed by atoms with Crippen molar-refractivity contribution in [3.05, 3.63) is 115 Å². The molecule has 0 radical (unpaired) electrons. The van der Waals surface area contributed by atoms with Crippen LogP contribution in [0.5, 0.6) is 0 Å². The van der Waals surface area contributed by atoms with Crippen LogP contribution in [0.3, 0.4) is 0 Å². The van der Waals surface area contributed by atoms with E-state index in [1.165, 1.54) is 16.7 Å². The van der Waals surface area contributed by atoms with Gasteiger partial charge in [0.2, 0.25) is 0 Å². The molecule has 1 amide bonds. The number of benzene rings is 3. The molecule has 37 heavy (non-hydrogen) atoms. The van der Waals surface area contributed by atoms with E-state index in [0.717, 1.165) is 11.3 Å². The van der Waals surface area contributed by atoms with Crippen molar-refractivity contribution in [2.24, 2.45) is 0 Å². The van der Waals surface area contributed by atoms with E-state index in [-0.39, 0.29) is 23.7 Å². The minimum Gasteiger partial charge on any atom is -0.368 e. The summed E-state index contributed by atoms with van der Waals surface area (Å²) >= 11 is 0. The van der Waals surface area contributed by atoms with Crippen molar-refractivity contribution >= 4 is 28.2 Å². The third-order valence-electron chi connectivity index (χ3n) is 6.69. The number of aryl methyl sites for hydroxylation is 1. The summed E-state index contributed by atoms with van der Waals surface area (Å²) in [7, 11) is 0. The van der Waals surface area contributed by atoms with E-state index < -0.39 is 10.6 Å². The van der Waals surface area contributed by atoms with E-state index in [1.54, 1.807) is 35.2 Å². The Balaban J connectivity index is 1.28. The Morgan fingerprint density at radius 1 is 0.919 bits per heavy atom. The van der Waals surface area contributed by atoms with Crippen molar-refractivity contribution < 1.29 is 9.72 Å². The van der Waals surface area contributed by atoms with Crippen LogP contribution in [-0.4, -0.2) is 51.5 Å². The number of carbonyl (C=O) groups excluding carboxylic acids is 1. The van der Waals surface area contributed by atoms with Gasteiger partial charge in [-0.2, -0.15) is 0 Å². The Kier molecular flexibility index (Phi) is 6.55. The largest absolute Gasteiger partial charge is 0.368 e. The monoisotopic (exact) mass is 499 g/mol. The third kappa shape index (κ3) is 4.99. The first-order valence-corrected chi connectivity index (χ1v) is 12.0.